The van der Waals surface area contributed by atoms with Gasteiger partial charge in [0.2, 0.25) is 0 Å². The Morgan fingerprint density at radius 3 is 2.67 bits per heavy atom. The molecule has 1 amide bonds. The van der Waals surface area contributed by atoms with Crippen LogP contribution >= 0.6 is 0 Å². The summed E-state index contributed by atoms with van der Waals surface area (Å²) in [6, 6.07) is 19.4. The minimum absolute atomic E-state index is 0.0232. The molecular formula is C26H29FN2O4. The maximum absolute atomic E-state index is 14.3. The summed E-state index contributed by atoms with van der Waals surface area (Å²) in [5.41, 5.74) is 1.12. The van der Waals surface area contributed by atoms with Gasteiger partial charge < -0.3 is 19.2 Å². The Balaban J connectivity index is 1.40. The predicted octanol–water partition coefficient (Wildman–Crippen LogP) is 3.37. The first-order valence-electron chi connectivity index (χ1n) is 11.2. The molecule has 7 heteroatoms. The highest BCUT2D eigenvalue weighted by Gasteiger charge is 2.28. The number of furan rings is 1. The van der Waals surface area contributed by atoms with Crippen molar-refractivity contribution in [2.24, 2.45) is 0 Å². The van der Waals surface area contributed by atoms with Gasteiger partial charge in [-0.3, -0.25) is 9.69 Å². The number of β-amino-alcohol motifs (C(OH)–C–C–N with tert-alkyl or cyclic N) is 1. The van der Waals surface area contributed by atoms with E-state index in [2.05, 4.69) is 4.90 Å². The van der Waals surface area contributed by atoms with Crippen LogP contribution in [0.2, 0.25) is 0 Å². The van der Waals surface area contributed by atoms with Gasteiger partial charge in [-0.1, -0.05) is 42.5 Å². The number of carbonyl (C=O) groups is 1. The van der Waals surface area contributed by atoms with E-state index in [0.717, 1.165) is 5.56 Å². The fourth-order valence-corrected chi connectivity index (χ4v) is 4.17. The number of carbonyl (C=O) groups excluding carboxylic acids is 1. The molecule has 0 spiro atoms. The Labute approximate surface area is 193 Å². The maximum Gasteiger partial charge on any atom is 0.257 e. The van der Waals surface area contributed by atoms with Crippen molar-refractivity contribution in [1.82, 2.24) is 9.80 Å². The van der Waals surface area contributed by atoms with Crippen LogP contribution < -0.4 is 0 Å². The lowest BCUT2D eigenvalue weighted by Crippen LogP contribution is -2.50. The first kappa shape index (κ1) is 23.2. The number of hydrogen-bond donors (Lipinski definition) is 1. The quantitative estimate of drug-likeness (QED) is 0.539. The van der Waals surface area contributed by atoms with Crippen molar-refractivity contribution in [1.29, 1.82) is 0 Å². The van der Waals surface area contributed by atoms with E-state index in [9.17, 15) is 14.3 Å². The Morgan fingerprint density at radius 2 is 1.91 bits per heavy atom. The van der Waals surface area contributed by atoms with Gasteiger partial charge in [0, 0.05) is 26.2 Å². The average molecular weight is 453 g/mol. The van der Waals surface area contributed by atoms with Crippen LogP contribution in [-0.2, 0) is 17.7 Å². The van der Waals surface area contributed by atoms with Crippen LogP contribution in [0.25, 0.3) is 0 Å². The van der Waals surface area contributed by atoms with Crippen molar-refractivity contribution >= 4 is 5.91 Å². The van der Waals surface area contributed by atoms with E-state index in [1.165, 1.54) is 12.1 Å². The summed E-state index contributed by atoms with van der Waals surface area (Å²) in [6.07, 6.45) is 1.38. The summed E-state index contributed by atoms with van der Waals surface area (Å²) in [5, 5.41) is 10.6. The summed E-state index contributed by atoms with van der Waals surface area (Å²) in [5.74, 6) is -0.345. The van der Waals surface area contributed by atoms with Crippen molar-refractivity contribution in [2.75, 3.05) is 32.8 Å². The topological polar surface area (TPSA) is 66.2 Å². The summed E-state index contributed by atoms with van der Waals surface area (Å²) in [7, 11) is 0. The van der Waals surface area contributed by atoms with Crippen LogP contribution in [0.5, 0.6) is 0 Å². The van der Waals surface area contributed by atoms with Gasteiger partial charge in [-0.05, 0) is 36.2 Å². The second-order valence-electron chi connectivity index (χ2n) is 8.34. The van der Waals surface area contributed by atoms with Crippen molar-refractivity contribution in [3.63, 3.8) is 0 Å². The summed E-state index contributed by atoms with van der Waals surface area (Å²) in [6.45, 7) is 2.82. The molecule has 2 unspecified atom stereocenters. The number of morpholine rings is 1. The van der Waals surface area contributed by atoms with E-state index in [4.69, 9.17) is 9.15 Å². The van der Waals surface area contributed by atoms with Crippen LogP contribution in [0.15, 0.2) is 77.4 Å². The molecule has 0 aliphatic carbocycles. The lowest BCUT2D eigenvalue weighted by Gasteiger charge is -2.36. The molecule has 1 aliphatic heterocycles. The third-order valence-corrected chi connectivity index (χ3v) is 5.75. The highest BCUT2D eigenvalue weighted by atomic mass is 19.1. The Kier molecular flexibility index (Phi) is 7.88. The molecular weight excluding hydrogens is 423 g/mol. The van der Waals surface area contributed by atoms with E-state index in [-0.39, 0.29) is 18.2 Å². The van der Waals surface area contributed by atoms with Gasteiger partial charge in [0.15, 0.2) is 0 Å². The number of benzene rings is 2. The maximum atomic E-state index is 14.3. The molecule has 1 N–H and O–H groups in total. The molecule has 33 heavy (non-hydrogen) atoms. The fraction of sp³-hybridized carbons (Fsp3) is 0.346. The average Bonchev–Trinajstić information content (AvgIpc) is 3.32. The molecule has 1 saturated heterocycles. The lowest BCUT2D eigenvalue weighted by molar-refractivity contribution is -0.0514. The largest absolute Gasteiger partial charge is 0.467 e. The predicted molar refractivity (Wildman–Crippen MR) is 122 cm³/mol. The molecule has 1 aromatic heterocycles. The van der Waals surface area contributed by atoms with Crippen molar-refractivity contribution in [2.45, 2.75) is 25.2 Å². The molecule has 6 nitrogen and oxygen atoms in total. The van der Waals surface area contributed by atoms with Gasteiger partial charge in [-0.25, -0.2) is 4.39 Å². The Hall–Kier alpha value is -3.00. The number of aliphatic hydroxyl groups excluding tert-OH is 1. The second-order valence-corrected chi connectivity index (χ2v) is 8.34. The number of halogens is 1. The summed E-state index contributed by atoms with van der Waals surface area (Å²) >= 11 is 0. The molecule has 174 valence electrons. The van der Waals surface area contributed by atoms with Gasteiger partial charge in [-0.2, -0.15) is 0 Å². The van der Waals surface area contributed by atoms with Crippen LogP contribution in [-0.4, -0.2) is 65.8 Å². The molecule has 1 fully saturated rings. The lowest BCUT2D eigenvalue weighted by atomic mass is 10.1. The van der Waals surface area contributed by atoms with Gasteiger partial charge in [0.25, 0.3) is 5.91 Å². The Morgan fingerprint density at radius 1 is 1.12 bits per heavy atom. The molecule has 0 saturated carbocycles. The fourth-order valence-electron chi connectivity index (χ4n) is 4.17. The van der Waals surface area contributed by atoms with E-state index < -0.39 is 17.8 Å². The standard InChI is InChI=1S/C26H29FN2O4/c27-25-11-5-4-10-24(25)26(31)29(18-22-9-6-13-32-22)19-23-17-28(12-14-33-23)16-21(30)15-20-7-2-1-3-8-20/h1-11,13,21,23,30H,12,14-19H2. The number of amides is 1. The molecule has 1 aliphatic rings. The monoisotopic (exact) mass is 452 g/mol. The minimum atomic E-state index is -0.554. The Bertz CT molecular complexity index is 1010. The molecule has 4 rings (SSSR count). The zero-order chi connectivity index (χ0) is 23.0. The van der Waals surface area contributed by atoms with E-state index in [1.807, 2.05) is 30.3 Å². The number of nitrogens with zero attached hydrogens (tertiary/aromatic N) is 2. The van der Waals surface area contributed by atoms with E-state index in [0.29, 0.717) is 45.0 Å². The van der Waals surface area contributed by atoms with Crippen LogP contribution in [0, 0.1) is 5.82 Å². The first-order chi connectivity index (χ1) is 16.1. The summed E-state index contributed by atoms with van der Waals surface area (Å²) < 4.78 is 25.7. The van der Waals surface area contributed by atoms with Crippen molar-refractivity contribution in [3.05, 3.63) is 95.7 Å². The number of rotatable bonds is 9. The smallest absolute Gasteiger partial charge is 0.257 e. The zero-order valence-corrected chi connectivity index (χ0v) is 18.5. The molecule has 3 aromatic rings. The SMILES string of the molecule is O=C(c1ccccc1F)N(Cc1ccco1)CC1CN(CC(O)Cc2ccccc2)CCO1. The highest BCUT2D eigenvalue weighted by Crippen LogP contribution is 2.17. The van der Waals surface area contributed by atoms with Gasteiger partial charge in [0.05, 0.1) is 37.2 Å². The molecule has 2 atom stereocenters. The van der Waals surface area contributed by atoms with Crippen molar-refractivity contribution in [3.8, 4) is 0 Å². The molecule has 2 heterocycles. The number of hydrogen-bond acceptors (Lipinski definition) is 5. The zero-order valence-electron chi connectivity index (χ0n) is 18.5. The van der Waals surface area contributed by atoms with Gasteiger partial charge in [0.1, 0.15) is 11.6 Å². The van der Waals surface area contributed by atoms with Crippen LogP contribution in [0.1, 0.15) is 21.7 Å². The number of aliphatic hydroxyl groups is 1. The third kappa shape index (κ3) is 6.51. The van der Waals surface area contributed by atoms with Gasteiger partial charge in [-0.15, -0.1) is 0 Å². The second kappa shape index (κ2) is 11.2. The van der Waals surface area contributed by atoms with Gasteiger partial charge >= 0.3 is 0 Å². The molecule has 0 radical (unpaired) electrons. The normalized spacial score (nSPS) is 17.6. The van der Waals surface area contributed by atoms with E-state index in [1.54, 1.807) is 35.4 Å². The van der Waals surface area contributed by atoms with E-state index >= 15 is 0 Å². The first-order valence-corrected chi connectivity index (χ1v) is 11.2. The highest BCUT2D eigenvalue weighted by molar-refractivity contribution is 5.94. The van der Waals surface area contributed by atoms with Crippen LogP contribution in [0.4, 0.5) is 4.39 Å². The minimum Gasteiger partial charge on any atom is -0.467 e. The third-order valence-electron chi connectivity index (χ3n) is 5.75. The number of ether oxygens (including phenoxy) is 1. The molecule has 0 bridgehead atoms. The van der Waals surface area contributed by atoms with Crippen LogP contribution in [0.3, 0.4) is 0 Å². The van der Waals surface area contributed by atoms with Crippen molar-refractivity contribution < 1.29 is 23.4 Å². The molecule has 2 aromatic carbocycles. The summed E-state index contributed by atoms with van der Waals surface area (Å²) in [4.78, 5) is 16.9.